The topological polar surface area (TPSA) is 95.9 Å². The molecule has 122 valence electrons. The van der Waals surface area contributed by atoms with E-state index in [9.17, 15) is 15.3 Å². The fraction of sp³-hybridized carbons (Fsp3) is 0.333. The van der Waals surface area contributed by atoms with Crippen molar-refractivity contribution in [3.8, 4) is 11.1 Å². The van der Waals surface area contributed by atoms with Crippen LogP contribution >= 0.6 is 0 Å². The Morgan fingerprint density at radius 3 is 2.39 bits per heavy atom. The molecule has 2 aromatic rings. The van der Waals surface area contributed by atoms with Crippen LogP contribution in [0.15, 0.2) is 48.5 Å². The fourth-order valence-corrected chi connectivity index (χ4v) is 2.97. The highest BCUT2D eigenvalue weighted by Gasteiger charge is 2.36. The molecular weight excluding hydrogens is 294 g/mol. The molecule has 1 heterocycles. The van der Waals surface area contributed by atoms with Crippen molar-refractivity contribution >= 4 is 5.69 Å². The Balaban J connectivity index is 1.90. The molecule has 3 rings (SSSR count). The first kappa shape index (κ1) is 16.0. The van der Waals surface area contributed by atoms with E-state index in [0.29, 0.717) is 5.69 Å². The Kier molecular flexibility index (Phi) is 4.63. The van der Waals surface area contributed by atoms with E-state index in [1.165, 1.54) is 0 Å². The highest BCUT2D eigenvalue weighted by atomic mass is 16.5. The largest absolute Gasteiger partial charge is 0.399 e. The van der Waals surface area contributed by atoms with E-state index < -0.39 is 24.4 Å². The third-order valence-corrected chi connectivity index (χ3v) is 4.20. The van der Waals surface area contributed by atoms with Crippen molar-refractivity contribution in [3.63, 3.8) is 0 Å². The summed E-state index contributed by atoms with van der Waals surface area (Å²) in [5, 5.41) is 29.3. The average Bonchev–Trinajstić information content (AvgIpc) is 2.55. The van der Waals surface area contributed by atoms with E-state index in [4.69, 9.17) is 10.5 Å². The van der Waals surface area contributed by atoms with Crippen molar-refractivity contribution in [1.82, 2.24) is 0 Å². The number of nitrogens with two attached hydrogens (primary N) is 1. The molecule has 5 N–H and O–H groups in total. The van der Waals surface area contributed by atoms with Crippen molar-refractivity contribution < 1.29 is 20.1 Å². The summed E-state index contributed by atoms with van der Waals surface area (Å²) in [7, 11) is 0. The molecule has 0 aromatic heterocycles. The number of benzene rings is 2. The smallest absolute Gasteiger partial charge is 0.109 e. The van der Waals surface area contributed by atoms with E-state index in [0.717, 1.165) is 16.7 Å². The molecule has 0 bridgehead atoms. The SMILES string of the molecule is Nc1cccc(-c2cccc(C3OC(CO)C(O)CC3O)c2)c1. The first-order valence-electron chi connectivity index (χ1n) is 7.67. The molecule has 23 heavy (non-hydrogen) atoms. The Morgan fingerprint density at radius 2 is 1.70 bits per heavy atom. The number of aliphatic hydroxyl groups excluding tert-OH is 3. The number of aliphatic hydroxyl groups is 3. The predicted molar refractivity (Wildman–Crippen MR) is 87.6 cm³/mol. The van der Waals surface area contributed by atoms with Gasteiger partial charge in [-0.15, -0.1) is 0 Å². The second-order valence-corrected chi connectivity index (χ2v) is 5.90. The number of hydrogen-bond donors (Lipinski definition) is 4. The molecule has 1 saturated heterocycles. The van der Waals surface area contributed by atoms with Crippen LogP contribution in [0.2, 0.25) is 0 Å². The van der Waals surface area contributed by atoms with Gasteiger partial charge in [-0.1, -0.05) is 30.3 Å². The van der Waals surface area contributed by atoms with Gasteiger partial charge in [0.1, 0.15) is 12.2 Å². The lowest BCUT2D eigenvalue weighted by Gasteiger charge is -2.36. The van der Waals surface area contributed by atoms with Gasteiger partial charge in [-0.25, -0.2) is 0 Å². The molecule has 2 aromatic carbocycles. The van der Waals surface area contributed by atoms with Gasteiger partial charge >= 0.3 is 0 Å². The Bertz CT molecular complexity index is 676. The molecule has 1 aliphatic heterocycles. The Labute approximate surface area is 135 Å². The molecule has 1 aliphatic rings. The van der Waals surface area contributed by atoms with E-state index in [1.807, 2.05) is 48.5 Å². The first-order chi connectivity index (χ1) is 11.1. The third kappa shape index (κ3) is 3.38. The van der Waals surface area contributed by atoms with Gasteiger partial charge in [-0.2, -0.15) is 0 Å². The van der Waals surface area contributed by atoms with Crippen LogP contribution in [0.5, 0.6) is 0 Å². The van der Waals surface area contributed by atoms with E-state index >= 15 is 0 Å². The maximum atomic E-state index is 10.2. The second kappa shape index (κ2) is 6.68. The molecule has 0 aliphatic carbocycles. The number of nitrogen functional groups attached to an aromatic ring is 1. The zero-order chi connectivity index (χ0) is 16.4. The van der Waals surface area contributed by atoms with Crippen LogP contribution < -0.4 is 5.73 Å². The second-order valence-electron chi connectivity index (χ2n) is 5.90. The zero-order valence-corrected chi connectivity index (χ0v) is 12.7. The average molecular weight is 315 g/mol. The minimum atomic E-state index is -0.858. The van der Waals surface area contributed by atoms with Gasteiger partial charge in [0.15, 0.2) is 0 Å². The molecule has 0 radical (unpaired) electrons. The van der Waals surface area contributed by atoms with Crippen LogP contribution in [0, 0.1) is 0 Å². The Hall–Kier alpha value is -1.92. The minimum absolute atomic E-state index is 0.179. The summed E-state index contributed by atoms with van der Waals surface area (Å²) in [6, 6.07) is 15.2. The molecule has 4 atom stereocenters. The van der Waals surface area contributed by atoms with Crippen molar-refractivity contribution in [1.29, 1.82) is 0 Å². The van der Waals surface area contributed by atoms with Gasteiger partial charge < -0.3 is 25.8 Å². The van der Waals surface area contributed by atoms with Crippen molar-refractivity contribution in [2.75, 3.05) is 12.3 Å². The van der Waals surface area contributed by atoms with Crippen molar-refractivity contribution in [2.24, 2.45) is 0 Å². The van der Waals surface area contributed by atoms with Crippen LogP contribution in [0.1, 0.15) is 18.1 Å². The van der Waals surface area contributed by atoms with Crippen LogP contribution in [0.25, 0.3) is 11.1 Å². The van der Waals surface area contributed by atoms with Crippen LogP contribution in [-0.2, 0) is 4.74 Å². The number of ether oxygens (including phenoxy) is 1. The molecule has 4 unspecified atom stereocenters. The van der Waals surface area contributed by atoms with Crippen molar-refractivity contribution in [2.45, 2.75) is 30.8 Å². The summed E-state index contributed by atoms with van der Waals surface area (Å²) in [6.07, 6.45) is -2.75. The summed E-state index contributed by atoms with van der Waals surface area (Å²) in [4.78, 5) is 0. The summed E-state index contributed by atoms with van der Waals surface area (Å²) in [5.41, 5.74) is 9.28. The van der Waals surface area contributed by atoms with Gasteiger partial charge in [0.05, 0.1) is 18.8 Å². The number of anilines is 1. The molecule has 0 spiro atoms. The lowest BCUT2D eigenvalue weighted by atomic mass is 9.92. The first-order valence-corrected chi connectivity index (χ1v) is 7.67. The summed E-state index contributed by atoms with van der Waals surface area (Å²) in [5.74, 6) is 0. The lowest BCUT2D eigenvalue weighted by Crippen LogP contribution is -2.44. The maximum absolute atomic E-state index is 10.2. The number of hydrogen-bond acceptors (Lipinski definition) is 5. The quantitative estimate of drug-likeness (QED) is 0.644. The van der Waals surface area contributed by atoms with Crippen LogP contribution in [0.4, 0.5) is 5.69 Å². The molecular formula is C18H21NO4. The molecule has 1 fully saturated rings. The molecule has 0 amide bonds. The summed E-state index contributed by atoms with van der Waals surface area (Å²) in [6.45, 7) is -0.278. The monoisotopic (exact) mass is 315 g/mol. The maximum Gasteiger partial charge on any atom is 0.109 e. The minimum Gasteiger partial charge on any atom is -0.399 e. The van der Waals surface area contributed by atoms with Gasteiger partial charge in [-0.3, -0.25) is 0 Å². The van der Waals surface area contributed by atoms with E-state index in [-0.39, 0.29) is 13.0 Å². The lowest BCUT2D eigenvalue weighted by molar-refractivity contribution is -0.181. The zero-order valence-electron chi connectivity index (χ0n) is 12.7. The predicted octanol–water partition coefficient (Wildman–Crippen LogP) is 1.48. The standard InChI is InChI=1S/C18H21NO4/c19-14-6-2-4-12(8-14)11-3-1-5-13(7-11)18-16(22)9-15(21)17(10-20)23-18/h1-8,15-18,20-22H,9-10,19H2. The van der Waals surface area contributed by atoms with Gasteiger partial charge in [-0.05, 0) is 34.9 Å². The van der Waals surface area contributed by atoms with E-state index in [2.05, 4.69) is 0 Å². The Morgan fingerprint density at radius 1 is 1.00 bits per heavy atom. The normalized spacial score (nSPS) is 27.8. The van der Waals surface area contributed by atoms with Gasteiger partial charge in [0.25, 0.3) is 0 Å². The fourth-order valence-electron chi connectivity index (χ4n) is 2.97. The third-order valence-electron chi connectivity index (χ3n) is 4.20. The van der Waals surface area contributed by atoms with Crippen molar-refractivity contribution in [3.05, 3.63) is 54.1 Å². The summed E-state index contributed by atoms with van der Waals surface area (Å²) >= 11 is 0. The highest BCUT2D eigenvalue weighted by molar-refractivity contribution is 5.67. The van der Waals surface area contributed by atoms with Crippen LogP contribution in [-0.4, -0.2) is 40.2 Å². The van der Waals surface area contributed by atoms with Gasteiger partial charge in [0, 0.05) is 12.1 Å². The summed E-state index contributed by atoms with van der Waals surface area (Å²) < 4.78 is 5.69. The molecule has 5 nitrogen and oxygen atoms in total. The van der Waals surface area contributed by atoms with E-state index in [1.54, 1.807) is 0 Å². The van der Waals surface area contributed by atoms with Crippen LogP contribution in [0.3, 0.4) is 0 Å². The molecule has 5 heteroatoms. The molecule has 0 saturated carbocycles. The highest BCUT2D eigenvalue weighted by Crippen LogP contribution is 2.34. The van der Waals surface area contributed by atoms with Gasteiger partial charge in [0.2, 0.25) is 0 Å². The number of rotatable bonds is 3.